The van der Waals surface area contributed by atoms with Crippen molar-refractivity contribution in [3.8, 4) is 0 Å². The van der Waals surface area contributed by atoms with Crippen LogP contribution in [0.15, 0.2) is 32.6 Å². The molecule has 0 aromatic carbocycles. The second kappa shape index (κ2) is 4.51. The van der Waals surface area contributed by atoms with Crippen LogP contribution in [0.3, 0.4) is 0 Å². The normalized spacial score (nSPS) is 25.0. The summed E-state index contributed by atoms with van der Waals surface area (Å²) >= 11 is 0. The summed E-state index contributed by atoms with van der Waals surface area (Å²) in [5.74, 6) is -0.129. The van der Waals surface area contributed by atoms with Crippen LogP contribution in [-0.4, -0.2) is 22.5 Å². The Balaban J connectivity index is 2.23. The molecule has 1 aliphatic carbocycles. The van der Waals surface area contributed by atoms with Crippen LogP contribution in [0.25, 0.3) is 11.8 Å². The summed E-state index contributed by atoms with van der Waals surface area (Å²) in [6, 6.07) is -0.272. The Bertz CT molecular complexity index is 742. The molecule has 1 aromatic rings. The molecule has 2 N–H and O–H groups in total. The number of aliphatic hydroxyl groups excluding tert-OH is 2. The minimum atomic E-state index is -0.822. The molecule has 0 radical (unpaired) electrons. The molecule has 2 unspecified atom stereocenters. The van der Waals surface area contributed by atoms with Gasteiger partial charge in [0.15, 0.2) is 0 Å². The second-order valence-electron chi connectivity index (χ2n) is 4.62. The highest BCUT2D eigenvalue weighted by atomic mass is 16.3. The maximum absolute atomic E-state index is 12.4. The third kappa shape index (κ3) is 2.02. The van der Waals surface area contributed by atoms with Crippen molar-refractivity contribution in [3.05, 3.63) is 44.8 Å². The van der Waals surface area contributed by atoms with Gasteiger partial charge in [-0.15, -0.1) is 0 Å². The Hall–Kier alpha value is -2.14. The average molecular weight is 259 g/mol. The number of dihydropyridines is 1. The zero-order chi connectivity index (χ0) is 13.4. The van der Waals surface area contributed by atoms with E-state index < -0.39 is 6.10 Å². The Morgan fingerprint density at radius 1 is 1.42 bits per heavy atom. The van der Waals surface area contributed by atoms with Gasteiger partial charge in [0.05, 0.1) is 17.7 Å². The van der Waals surface area contributed by atoms with E-state index in [-0.39, 0.29) is 34.3 Å². The molecule has 19 heavy (non-hydrogen) atoms. The van der Waals surface area contributed by atoms with Crippen LogP contribution in [0.2, 0.25) is 0 Å². The van der Waals surface area contributed by atoms with Crippen LogP contribution in [0.5, 0.6) is 0 Å². The van der Waals surface area contributed by atoms with Crippen LogP contribution in [0, 0.1) is 0 Å². The largest absolute Gasteiger partial charge is 0.511 e. The third-order valence-corrected chi connectivity index (χ3v) is 3.29. The highest BCUT2D eigenvalue weighted by molar-refractivity contribution is 5.72. The molecule has 2 aliphatic rings. The van der Waals surface area contributed by atoms with E-state index in [1.54, 1.807) is 6.21 Å². The lowest BCUT2D eigenvalue weighted by Crippen LogP contribution is -2.46. The van der Waals surface area contributed by atoms with Crippen molar-refractivity contribution < 1.29 is 14.6 Å². The van der Waals surface area contributed by atoms with Crippen LogP contribution < -0.4 is 16.1 Å². The Morgan fingerprint density at radius 3 is 3.00 bits per heavy atom. The van der Waals surface area contributed by atoms with Gasteiger partial charge in [-0.2, -0.15) is 0 Å². The number of rotatable bonds is 1. The standard InChI is InChI=1S/C14H13NO4/c16-8-5-11(17)13-12(6-8)19-7-9(14(13)18)10-3-1-2-4-15-10/h1-2,4,6-8,10,16-17H,3,5H2. The number of hydrogen-bond donors (Lipinski definition) is 2. The summed E-state index contributed by atoms with van der Waals surface area (Å²) in [5, 5.41) is 19.5. The number of aliphatic hydroxyl groups is 2. The van der Waals surface area contributed by atoms with Crippen molar-refractivity contribution in [1.82, 2.24) is 0 Å². The Morgan fingerprint density at radius 2 is 2.26 bits per heavy atom. The van der Waals surface area contributed by atoms with Gasteiger partial charge in [-0.05, 0) is 18.6 Å². The van der Waals surface area contributed by atoms with Crippen LogP contribution in [0.4, 0.5) is 0 Å². The fraction of sp³-hybridized carbons (Fsp3) is 0.286. The number of fused-ring (bicyclic) bond motifs is 1. The topological polar surface area (TPSA) is 83.0 Å². The molecule has 0 saturated heterocycles. The molecule has 0 amide bonds. The molecule has 0 spiro atoms. The molecule has 5 heteroatoms. The minimum Gasteiger partial charge on any atom is -0.511 e. The quantitative estimate of drug-likeness (QED) is 0.739. The zero-order valence-electron chi connectivity index (χ0n) is 10.1. The van der Waals surface area contributed by atoms with E-state index in [2.05, 4.69) is 4.99 Å². The molecule has 1 aromatic heterocycles. The van der Waals surface area contributed by atoms with Gasteiger partial charge < -0.3 is 14.6 Å². The molecule has 3 rings (SSSR count). The van der Waals surface area contributed by atoms with Crippen LogP contribution >= 0.6 is 0 Å². The van der Waals surface area contributed by atoms with Gasteiger partial charge >= 0.3 is 0 Å². The van der Waals surface area contributed by atoms with Gasteiger partial charge in [-0.25, -0.2) is 0 Å². The highest BCUT2D eigenvalue weighted by Gasteiger charge is 2.20. The molecule has 5 nitrogen and oxygen atoms in total. The predicted octanol–water partition coefficient (Wildman–Crippen LogP) is -0.0771. The molecular weight excluding hydrogens is 246 g/mol. The van der Waals surface area contributed by atoms with E-state index in [1.165, 1.54) is 12.3 Å². The number of nitrogens with zero attached hydrogens (tertiary/aromatic N) is 1. The fourth-order valence-corrected chi connectivity index (χ4v) is 2.35. The summed E-state index contributed by atoms with van der Waals surface area (Å²) in [6.07, 6.45) is 8.04. The molecular formula is C14H13NO4. The molecule has 0 saturated carbocycles. The zero-order valence-corrected chi connectivity index (χ0v) is 10.1. The van der Waals surface area contributed by atoms with E-state index in [4.69, 9.17) is 4.42 Å². The predicted molar refractivity (Wildman–Crippen MR) is 70.3 cm³/mol. The van der Waals surface area contributed by atoms with Gasteiger partial charge in [0, 0.05) is 12.6 Å². The smallest absolute Gasteiger partial charge is 0.201 e. The summed E-state index contributed by atoms with van der Waals surface area (Å²) in [5.41, 5.74) is 0.371. The lowest BCUT2D eigenvalue weighted by Gasteiger charge is -2.14. The average Bonchev–Trinajstić information content (AvgIpc) is 2.39. The molecule has 0 fully saturated rings. The monoisotopic (exact) mass is 259 g/mol. The van der Waals surface area contributed by atoms with E-state index in [9.17, 15) is 15.0 Å². The SMILES string of the molecule is O=c1c(C2CC=CC=N2)coc2c1=C(O)CC(O)C=2. The number of hydrogen-bond acceptors (Lipinski definition) is 5. The first-order valence-corrected chi connectivity index (χ1v) is 6.09. The first kappa shape index (κ1) is 11.9. The molecule has 2 heterocycles. The van der Waals surface area contributed by atoms with Crippen LogP contribution in [0.1, 0.15) is 24.4 Å². The lowest BCUT2D eigenvalue weighted by molar-refractivity contribution is 0.227. The van der Waals surface area contributed by atoms with Crippen LogP contribution in [-0.2, 0) is 0 Å². The van der Waals surface area contributed by atoms with Gasteiger partial charge in [0.25, 0.3) is 0 Å². The van der Waals surface area contributed by atoms with Crippen molar-refractivity contribution >= 4 is 18.0 Å². The van der Waals surface area contributed by atoms with Crippen molar-refractivity contribution in [2.45, 2.75) is 25.0 Å². The van der Waals surface area contributed by atoms with E-state index in [1.807, 2.05) is 12.2 Å². The molecule has 1 aliphatic heterocycles. The number of allylic oxidation sites excluding steroid dienone is 1. The summed E-state index contributed by atoms with van der Waals surface area (Å²) in [4.78, 5) is 16.6. The maximum Gasteiger partial charge on any atom is 0.201 e. The fourth-order valence-electron chi connectivity index (χ4n) is 2.35. The summed E-state index contributed by atoms with van der Waals surface area (Å²) < 4.78 is 5.36. The van der Waals surface area contributed by atoms with E-state index >= 15 is 0 Å². The highest BCUT2D eigenvalue weighted by Crippen LogP contribution is 2.19. The maximum atomic E-state index is 12.4. The van der Waals surface area contributed by atoms with Crippen molar-refractivity contribution in [3.63, 3.8) is 0 Å². The van der Waals surface area contributed by atoms with Gasteiger partial charge in [-0.1, -0.05) is 6.08 Å². The Kier molecular flexibility index (Phi) is 2.83. The van der Waals surface area contributed by atoms with Crippen molar-refractivity contribution in [2.24, 2.45) is 4.99 Å². The molecule has 2 atom stereocenters. The second-order valence-corrected chi connectivity index (χ2v) is 4.62. The van der Waals surface area contributed by atoms with E-state index in [0.717, 1.165) is 0 Å². The van der Waals surface area contributed by atoms with Crippen molar-refractivity contribution in [1.29, 1.82) is 0 Å². The number of aliphatic imine (C=N–C) groups is 1. The summed E-state index contributed by atoms with van der Waals surface area (Å²) in [7, 11) is 0. The van der Waals surface area contributed by atoms with Gasteiger partial charge in [0.1, 0.15) is 22.7 Å². The first-order chi connectivity index (χ1) is 9.16. The summed E-state index contributed by atoms with van der Waals surface area (Å²) in [6.45, 7) is 0. The lowest BCUT2D eigenvalue weighted by atomic mass is 10.0. The van der Waals surface area contributed by atoms with Crippen molar-refractivity contribution in [2.75, 3.05) is 0 Å². The molecule has 98 valence electrons. The van der Waals surface area contributed by atoms with E-state index in [0.29, 0.717) is 12.0 Å². The minimum absolute atomic E-state index is 0.0368. The van der Waals surface area contributed by atoms with Gasteiger partial charge in [0.2, 0.25) is 5.43 Å². The molecule has 0 bridgehead atoms. The Labute approximate surface area is 108 Å². The van der Waals surface area contributed by atoms with Gasteiger partial charge in [-0.3, -0.25) is 9.79 Å². The third-order valence-electron chi connectivity index (χ3n) is 3.29. The first-order valence-electron chi connectivity index (χ1n) is 6.09.